The van der Waals surface area contributed by atoms with E-state index in [1.807, 2.05) is 30.3 Å². The molecule has 1 amide bonds. The third kappa shape index (κ3) is 4.22. The van der Waals surface area contributed by atoms with E-state index >= 15 is 0 Å². The zero-order chi connectivity index (χ0) is 20.2. The van der Waals surface area contributed by atoms with Crippen molar-refractivity contribution in [1.29, 1.82) is 0 Å². The molecule has 29 heavy (non-hydrogen) atoms. The average Bonchev–Trinajstić information content (AvgIpc) is 3.34. The summed E-state index contributed by atoms with van der Waals surface area (Å²) >= 11 is 3.22. The molecule has 0 saturated heterocycles. The third-order valence-electron chi connectivity index (χ3n) is 4.49. The van der Waals surface area contributed by atoms with Crippen molar-refractivity contribution < 1.29 is 9.21 Å². The Morgan fingerprint density at radius 2 is 1.76 bits per heavy atom. The molecule has 0 fully saturated rings. The van der Waals surface area contributed by atoms with Gasteiger partial charge in [0.25, 0.3) is 5.91 Å². The minimum Gasteiger partial charge on any atom is -0.448 e. The number of carbonyl (C=O) groups is 1. The molecule has 0 saturated carbocycles. The topological polar surface area (TPSA) is 59.5 Å². The van der Waals surface area contributed by atoms with Crippen LogP contribution in [0.1, 0.15) is 21.8 Å². The Morgan fingerprint density at radius 3 is 2.45 bits per heavy atom. The molecule has 0 spiro atoms. The highest BCUT2D eigenvalue weighted by atomic mass is 79.9. The van der Waals surface area contributed by atoms with Gasteiger partial charge in [-0.05, 0) is 76.9 Å². The molecule has 0 unspecified atom stereocenters. The first-order valence-corrected chi connectivity index (χ1v) is 9.84. The summed E-state index contributed by atoms with van der Waals surface area (Å²) in [5.41, 5.74) is 7.39. The van der Waals surface area contributed by atoms with Gasteiger partial charge in [-0.2, -0.15) is 5.10 Å². The van der Waals surface area contributed by atoms with E-state index in [4.69, 9.17) is 4.42 Å². The number of furan rings is 1. The van der Waals surface area contributed by atoms with Crippen LogP contribution in [-0.4, -0.2) is 16.7 Å². The van der Waals surface area contributed by atoms with Crippen molar-refractivity contribution in [3.8, 4) is 16.9 Å². The molecule has 2 aromatic heterocycles. The molecular weight excluding hydrogens is 430 g/mol. The third-order valence-corrected chi connectivity index (χ3v) is 4.91. The molecule has 0 aliphatic carbocycles. The Labute approximate surface area is 176 Å². The highest BCUT2D eigenvalue weighted by molar-refractivity contribution is 9.10. The maximum atomic E-state index is 12.3. The first-order valence-electron chi connectivity index (χ1n) is 9.05. The van der Waals surface area contributed by atoms with Crippen LogP contribution in [0.15, 0.2) is 93.1 Å². The number of aromatic nitrogens is 1. The minimum absolute atomic E-state index is 0.286. The van der Waals surface area contributed by atoms with E-state index in [0.29, 0.717) is 16.0 Å². The second-order valence-corrected chi connectivity index (χ2v) is 7.23. The number of amides is 1. The second-order valence-electron chi connectivity index (χ2n) is 6.45. The number of hydrazone groups is 1. The quantitative estimate of drug-likeness (QED) is 0.321. The first-order chi connectivity index (χ1) is 14.1. The number of aryl methyl sites for hydroxylation is 1. The van der Waals surface area contributed by atoms with Gasteiger partial charge >= 0.3 is 0 Å². The van der Waals surface area contributed by atoms with Gasteiger partial charge in [-0.3, -0.25) is 4.79 Å². The molecule has 0 bridgehead atoms. The highest BCUT2D eigenvalue weighted by Gasteiger charge is 2.10. The van der Waals surface area contributed by atoms with Crippen LogP contribution in [0.4, 0.5) is 0 Å². The average molecular weight is 448 g/mol. The van der Waals surface area contributed by atoms with Gasteiger partial charge in [0, 0.05) is 16.9 Å². The van der Waals surface area contributed by atoms with Crippen LogP contribution in [0.2, 0.25) is 0 Å². The van der Waals surface area contributed by atoms with Gasteiger partial charge in [0.2, 0.25) is 0 Å². The highest BCUT2D eigenvalue weighted by Crippen LogP contribution is 2.26. The smallest absolute Gasteiger partial charge is 0.271 e. The van der Waals surface area contributed by atoms with E-state index in [2.05, 4.69) is 62.2 Å². The summed E-state index contributed by atoms with van der Waals surface area (Å²) in [7, 11) is 0. The summed E-state index contributed by atoms with van der Waals surface area (Å²) in [5.74, 6) is 0.259. The zero-order valence-electron chi connectivity index (χ0n) is 15.7. The Kier molecular flexibility index (Phi) is 5.44. The van der Waals surface area contributed by atoms with Crippen LogP contribution in [-0.2, 0) is 0 Å². The monoisotopic (exact) mass is 447 g/mol. The summed E-state index contributed by atoms with van der Waals surface area (Å²) < 4.78 is 8.08. The normalized spacial score (nSPS) is 11.1. The first kappa shape index (κ1) is 19.0. The molecule has 0 aliphatic heterocycles. The molecule has 2 heterocycles. The maximum Gasteiger partial charge on any atom is 0.271 e. The predicted octanol–water partition coefficient (Wildman–Crippen LogP) is 5.57. The van der Waals surface area contributed by atoms with E-state index in [0.717, 1.165) is 22.6 Å². The lowest BCUT2D eigenvalue weighted by Crippen LogP contribution is -2.17. The Balaban J connectivity index is 1.52. The van der Waals surface area contributed by atoms with E-state index < -0.39 is 0 Å². The van der Waals surface area contributed by atoms with Crippen molar-refractivity contribution in [2.45, 2.75) is 6.92 Å². The van der Waals surface area contributed by atoms with Crippen LogP contribution in [0, 0.1) is 6.92 Å². The largest absolute Gasteiger partial charge is 0.448 e. The second kappa shape index (κ2) is 8.32. The zero-order valence-corrected chi connectivity index (χ0v) is 17.3. The lowest BCUT2D eigenvalue weighted by atomic mass is 10.1. The van der Waals surface area contributed by atoms with Gasteiger partial charge in [-0.1, -0.05) is 30.3 Å². The van der Waals surface area contributed by atoms with Crippen molar-refractivity contribution in [3.05, 3.63) is 101 Å². The molecule has 2 aromatic carbocycles. The van der Waals surface area contributed by atoms with Crippen molar-refractivity contribution in [3.63, 3.8) is 0 Å². The molecule has 1 N–H and O–H groups in total. The number of nitrogens with zero attached hydrogens (tertiary/aromatic N) is 2. The number of halogens is 1. The molecule has 6 heteroatoms. The van der Waals surface area contributed by atoms with E-state index in [-0.39, 0.29) is 5.91 Å². The fourth-order valence-electron chi connectivity index (χ4n) is 3.09. The van der Waals surface area contributed by atoms with Gasteiger partial charge in [-0.25, -0.2) is 5.43 Å². The lowest BCUT2D eigenvalue weighted by Gasteiger charge is -2.12. The van der Waals surface area contributed by atoms with Crippen LogP contribution in [0.3, 0.4) is 0 Å². The van der Waals surface area contributed by atoms with Crippen LogP contribution >= 0.6 is 15.9 Å². The van der Waals surface area contributed by atoms with E-state index in [1.165, 1.54) is 6.21 Å². The van der Waals surface area contributed by atoms with Crippen LogP contribution in [0.25, 0.3) is 16.9 Å². The SMILES string of the molecule is Cc1ccc(-c2ccccc2)n1-c1ccc(C(=O)NN=Cc2ccc(Br)o2)cc1. The molecule has 4 aromatic rings. The molecule has 4 rings (SSSR count). The summed E-state index contributed by atoms with van der Waals surface area (Å²) in [6.45, 7) is 2.06. The van der Waals surface area contributed by atoms with E-state index in [9.17, 15) is 4.79 Å². The summed E-state index contributed by atoms with van der Waals surface area (Å²) in [4.78, 5) is 12.3. The fourth-order valence-corrected chi connectivity index (χ4v) is 3.41. The standard InChI is InChI=1S/C23H18BrN3O2/c1-16-7-13-21(17-5-3-2-4-6-17)27(16)19-10-8-18(9-11-19)23(28)26-25-15-20-12-14-22(24)29-20/h2-15H,1H3,(H,26,28). The van der Waals surface area contributed by atoms with Gasteiger partial charge in [0.15, 0.2) is 4.67 Å². The number of hydrogen-bond donors (Lipinski definition) is 1. The number of hydrogen-bond acceptors (Lipinski definition) is 3. The van der Waals surface area contributed by atoms with E-state index in [1.54, 1.807) is 24.3 Å². The molecule has 144 valence electrons. The molecular formula is C23H18BrN3O2. The van der Waals surface area contributed by atoms with Crippen molar-refractivity contribution in [1.82, 2.24) is 9.99 Å². The Hall–Kier alpha value is -3.38. The summed E-state index contributed by atoms with van der Waals surface area (Å²) in [6.07, 6.45) is 1.45. The van der Waals surface area contributed by atoms with Crippen molar-refractivity contribution >= 4 is 28.1 Å². The molecule has 5 nitrogen and oxygen atoms in total. The predicted molar refractivity (Wildman–Crippen MR) is 117 cm³/mol. The summed E-state index contributed by atoms with van der Waals surface area (Å²) in [6, 6.07) is 25.4. The Bertz CT molecular complexity index is 1160. The molecule has 0 aliphatic rings. The van der Waals surface area contributed by atoms with Gasteiger partial charge in [0.05, 0.1) is 11.9 Å². The van der Waals surface area contributed by atoms with Crippen molar-refractivity contribution in [2.75, 3.05) is 0 Å². The number of rotatable bonds is 5. The lowest BCUT2D eigenvalue weighted by molar-refractivity contribution is 0.0955. The van der Waals surface area contributed by atoms with Gasteiger partial charge in [-0.15, -0.1) is 0 Å². The van der Waals surface area contributed by atoms with Crippen LogP contribution in [0.5, 0.6) is 0 Å². The molecule has 0 radical (unpaired) electrons. The number of nitrogens with one attached hydrogen (secondary N) is 1. The van der Waals surface area contributed by atoms with Crippen molar-refractivity contribution in [2.24, 2.45) is 5.10 Å². The number of benzene rings is 2. The maximum absolute atomic E-state index is 12.3. The molecule has 0 atom stereocenters. The summed E-state index contributed by atoms with van der Waals surface area (Å²) in [5, 5.41) is 3.93. The Morgan fingerprint density at radius 1 is 1.00 bits per heavy atom. The van der Waals surface area contributed by atoms with Crippen LogP contribution < -0.4 is 5.43 Å². The fraction of sp³-hybridized carbons (Fsp3) is 0.0435. The number of carbonyl (C=O) groups excluding carboxylic acids is 1. The minimum atomic E-state index is -0.286. The van der Waals surface area contributed by atoms with Gasteiger partial charge in [0.1, 0.15) is 5.76 Å². The van der Waals surface area contributed by atoms with Gasteiger partial charge < -0.3 is 8.98 Å².